The van der Waals surface area contributed by atoms with Gasteiger partial charge in [-0.3, -0.25) is 25.4 Å². The lowest BCUT2D eigenvalue weighted by molar-refractivity contribution is -0.122. The van der Waals surface area contributed by atoms with Gasteiger partial charge in [-0.15, -0.1) is 0 Å². The summed E-state index contributed by atoms with van der Waals surface area (Å²) in [7, 11) is 0. The van der Waals surface area contributed by atoms with E-state index >= 15 is 0 Å². The zero-order valence-corrected chi connectivity index (χ0v) is 17.8. The number of anilines is 1. The maximum Gasteiger partial charge on any atom is 0.260 e. The summed E-state index contributed by atoms with van der Waals surface area (Å²) in [6, 6.07) is 5.77. The smallest absolute Gasteiger partial charge is 0.260 e. The van der Waals surface area contributed by atoms with Crippen LogP contribution in [-0.4, -0.2) is 22.8 Å². The fourth-order valence-electron chi connectivity index (χ4n) is 2.29. The monoisotopic (exact) mass is 472 g/mol. The highest BCUT2D eigenvalue weighted by Crippen LogP contribution is 2.24. The summed E-state index contributed by atoms with van der Waals surface area (Å²) in [5.74, 6) is -0.569. The van der Waals surface area contributed by atoms with Gasteiger partial charge in [-0.05, 0) is 52.5 Å². The predicted molar refractivity (Wildman–Crippen MR) is 111 cm³/mol. The SMILES string of the molecule is CC(C)CC(NC(=O)c1cncc(Br)c1)C(=O)NNc1ccc(Cl)cc1Cl. The Bertz CT molecular complexity index is 833. The standard InChI is InChI=1S/C18H19BrCl2N4O2/c1-10(2)5-16(23-17(26)11-6-12(19)9-22-8-11)18(27)25-24-15-4-3-13(20)7-14(15)21/h3-4,6-10,16,24H,5H2,1-2H3,(H,23,26)(H,25,27). The lowest BCUT2D eigenvalue weighted by Gasteiger charge is -2.21. The Morgan fingerprint density at radius 2 is 1.93 bits per heavy atom. The minimum atomic E-state index is -0.727. The van der Waals surface area contributed by atoms with Crippen LogP contribution in [0.5, 0.6) is 0 Å². The number of nitrogens with one attached hydrogen (secondary N) is 3. The highest BCUT2D eigenvalue weighted by Gasteiger charge is 2.23. The number of pyridine rings is 1. The molecule has 9 heteroatoms. The Morgan fingerprint density at radius 1 is 1.19 bits per heavy atom. The summed E-state index contributed by atoms with van der Waals surface area (Å²) in [5, 5.41) is 3.60. The number of rotatable bonds is 7. The highest BCUT2D eigenvalue weighted by atomic mass is 79.9. The number of nitrogens with zero attached hydrogens (tertiary/aromatic N) is 1. The van der Waals surface area contributed by atoms with Gasteiger partial charge >= 0.3 is 0 Å². The number of hydrogen-bond acceptors (Lipinski definition) is 4. The van der Waals surface area contributed by atoms with Crippen LogP contribution < -0.4 is 16.2 Å². The average Bonchev–Trinajstić information content (AvgIpc) is 2.59. The number of hydrogen-bond donors (Lipinski definition) is 3. The second kappa shape index (κ2) is 9.92. The summed E-state index contributed by atoms with van der Waals surface area (Å²) in [4.78, 5) is 29.0. The van der Waals surface area contributed by atoms with Crippen molar-refractivity contribution in [3.8, 4) is 0 Å². The molecule has 144 valence electrons. The van der Waals surface area contributed by atoms with E-state index in [1.807, 2.05) is 13.8 Å². The minimum absolute atomic E-state index is 0.195. The first-order chi connectivity index (χ1) is 12.8. The molecule has 1 atom stereocenters. The summed E-state index contributed by atoms with van der Waals surface area (Å²) < 4.78 is 0.680. The third-order valence-electron chi connectivity index (χ3n) is 3.55. The minimum Gasteiger partial charge on any atom is -0.340 e. The van der Waals surface area contributed by atoms with Crippen molar-refractivity contribution in [2.45, 2.75) is 26.3 Å². The van der Waals surface area contributed by atoms with Gasteiger partial charge in [-0.25, -0.2) is 0 Å². The molecule has 1 unspecified atom stereocenters. The molecule has 27 heavy (non-hydrogen) atoms. The third-order valence-corrected chi connectivity index (χ3v) is 4.53. The molecule has 2 rings (SSSR count). The van der Waals surface area contributed by atoms with Gasteiger partial charge in [0, 0.05) is 21.9 Å². The Balaban J connectivity index is 2.05. The van der Waals surface area contributed by atoms with Crippen molar-refractivity contribution in [2.75, 3.05) is 5.43 Å². The lowest BCUT2D eigenvalue weighted by Crippen LogP contribution is -2.49. The van der Waals surface area contributed by atoms with Gasteiger partial charge in [0.1, 0.15) is 6.04 Å². The molecule has 3 N–H and O–H groups in total. The molecule has 0 saturated heterocycles. The number of amides is 2. The molecule has 0 saturated carbocycles. The van der Waals surface area contributed by atoms with Crippen LogP contribution in [0.4, 0.5) is 5.69 Å². The molecule has 2 aromatic rings. The quantitative estimate of drug-likeness (QED) is 0.519. The van der Waals surface area contributed by atoms with Crippen LogP contribution in [0.25, 0.3) is 0 Å². The number of carbonyl (C=O) groups excluding carboxylic acids is 2. The maximum atomic E-state index is 12.6. The van der Waals surface area contributed by atoms with E-state index in [0.29, 0.717) is 32.2 Å². The van der Waals surface area contributed by atoms with Crippen LogP contribution in [0.15, 0.2) is 41.1 Å². The van der Waals surface area contributed by atoms with Crippen molar-refractivity contribution in [3.05, 3.63) is 56.7 Å². The Kier molecular flexibility index (Phi) is 7.89. The molecule has 1 heterocycles. The van der Waals surface area contributed by atoms with Gasteiger partial charge in [0.25, 0.3) is 11.8 Å². The normalized spacial score (nSPS) is 11.8. The molecule has 1 aromatic heterocycles. The molecule has 0 aliphatic rings. The molecular weight excluding hydrogens is 455 g/mol. The molecule has 0 spiro atoms. The Hall–Kier alpha value is -1.83. The van der Waals surface area contributed by atoms with Crippen LogP contribution in [0.1, 0.15) is 30.6 Å². The largest absolute Gasteiger partial charge is 0.340 e. The van der Waals surface area contributed by atoms with Crippen LogP contribution in [-0.2, 0) is 4.79 Å². The van der Waals surface area contributed by atoms with E-state index in [4.69, 9.17) is 23.2 Å². The fourth-order valence-corrected chi connectivity index (χ4v) is 3.11. The van der Waals surface area contributed by atoms with Crippen molar-refractivity contribution in [3.63, 3.8) is 0 Å². The molecule has 6 nitrogen and oxygen atoms in total. The molecule has 0 aliphatic carbocycles. The first kappa shape index (κ1) is 21.5. The molecule has 1 aromatic carbocycles. The van der Waals surface area contributed by atoms with Crippen molar-refractivity contribution in [2.24, 2.45) is 5.92 Å². The van der Waals surface area contributed by atoms with Crippen LogP contribution in [0.2, 0.25) is 10.0 Å². The summed E-state index contributed by atoms with van der Waals surface area (Å²) >= 11 is 15.2. The summed E-state index contributed by atoms with van der Waals surface area (Å²) in [5.41, 5.74) is 6.19. The van der Waals surface area contributed by atoms with Crippen molar-refractivity contribution in [1.29, 1.82) is 0 Å². The Morgan fingerprint density at radius 3 is 2.56 bits per heavy atom. The third kappa shape index (κ3) is 6.68. The molecule has 0 radical (unpaired) electrons. The van der Waals surface area contributed by atoms with Gasteiger partial charge in [-0.2, -0.15) is 0 Å². The van der Waals surface area contributed by atoms with E-state index in [-0.39, 0.29) is 17.7 Å². The number of aromatic nitrogens is 1. The van der Waals surface area contributed by atoms with Gasteiger partial charge in [0.05, 0.1) is 16.3 Å². The van der Waals surface area contributed by atoms with Gasteiger partial charge in [0.15, 0.2) is 0 Å². The van der Waals surface area contributed by atoms with Crippen molar-refractivity contribution >= 4 is 56.6 Å². The summed E-state index contributed by atoms with van der Waals surface area (Å²) in [6.45, 7) is 3.94. The first-order valence-electron chi connectivity index (χ1n) is 8.18. The van der Waals surface area contributed by atoms with Gasteiger partial charge in [0.2, 0.25) is 0 Å². The van der Waals surface area contributed by atoms with Crippen LogP contribution in [0, 0.1) is 5.92 Å². The zero-order valence-electron chi connectivity index (χ0n) is 14.7. The second-order valence-corrected chi connectivity index (χ2v) is 8.05. The predicted octanol–water partition coefficient (Wildman–Crippen LogP) is 4.44. The van der Waals surface area contributed by atoms with Gasteiger partial charge in [-0.1, -0.05) is 37.0 Å². The number of hydrazine groups is 1. The molecule has 0 bridgehead atoms. The Labute approximate surface area is 176 Å². The number of benzene rings is 1. The van der Waals surface area contributed by atoms with E-state index in [0.717, 1.165) is 0 Å². The molecule has 2 amide bonds. The lowest BCUT2D eigenvalue weighted by atomic mass is 10.0. The highest BCUT2D eigenvalue weighted by molar-refractivity contribution is 9.10. The van der Waals surface area contributed by atoms with Gasteiger partial charge < -0.3 is 5.32 Å². The molecule has 0 fully saturated rings. The van der Waals surface area contributed by atoms with E-state index in [9.17, 15) is 9.59 Å². The van der Waals surface area contributed by atoms with Crippen molar-refractivity contribution < 1.29 is 9.59 Å². The topological polar surface area (TPSA) is 83.1 Å². The zero-order chi connectivity index (χ0) is 20.0. The average molecular weight is 474 g/mol. The van der Waals surface area contributed by atoms with Crippen LogP contribution in [0.3, 0.4) is 0 Å². The van der Waals surface area contributed by atoms with E-state index < -0.39 is 6.04 Å². The second-order valence-electron chi connectivity index (χ2n) is 6.29. The van der Waals surface area contributed by atoms with E-state index in [2.05, 4.69) is 37.1 Å². The van der Waals surface area contributed by atoms with Crippen molar-refractivity contribution in [1.82, 2.24) is 15.7 Å². The molecule has 0 aliphatic heterocycles. The first-order valence-corrected chi connectivity index (χ1v) is 9.73. The molecular formula is C18H19BrCl2N4O2. The number of halogens is 3. The van der Waals surface area contributed by atoms with E-state index in [1.165, 1.54) is 6.20 Å². The van der Waals surface area contributed by atoms with E-state index in [1.54, 1.807) is 30.5 Å². The maximum absolute atomic E-state index is 12.6. The van der Waals surface area contributed by atoms with Crippen LogP contribution >= 0.6 is 39.1 Å². The number of carbonyl (C=O) groups is 2. The fraction of sp³-hybridized carbons (Fsp3) is 0.278. The summed E-state index contributed by atoms with van der Waals surface area (Å²) in [6.07, 6.45) is 3.49.